The second-order valence-electron chi connectivity index (χ2n) is 5.05. The average Bonchev–Trinajstić information content (AvgIpc) is 2.86. The molecular weight excluding hydrogens is 350 g/mol. The minimum Gasteiger partial charge on any atom is -0.319 e. The highest BCUT2D eigenvalue weighted by molar-refractivity contribution is 9.10. The van der Waals surface area contributed by atoms with Crippen LogP contribution in [0.2, 0.25) is 0 Å². The maximum atomic E-state index is 6.34. The summed E-state index contributed by atoms with van der Waals surface area (Å²) in [5.41, 5.74) is 3.23. The second-order valence-corrected chi connectivity index (χ2v) is 6.62. The zero-order chi connectivity index (χ0) is 15.0. The van der Waals surface area contributed by atoms with E-state index in [1.54, 1.807) is 0 Å². The van der Waals surface area contributed by atoms with Gasteiger partial charge in [-0.1, -0.05) is 15.9 Å². The molecule has 1 aromatic carbocycles. The molecule has 21 heavy (non-hydrogen) atoms. The summed E-state index contributed by atoms with van der Waals surface area (Å²) in [6.07, 6.45) is 3.62. The Bertz CT molecular complexity index is 768. The number of alkyl halides is 1. The molecule has 2 aromatic heterocycles. The van der Waals surface area contributed by atoms with Crippen LogP contribution in [-0.4, -0.2) is 14.5 Å². The third kappa shape index (κ3) is 2.70. The molecule has 0 spiro atoms. The van der Waals surface area contributed by atoms with E-state index < -0.39 is 0 Å². The molecule has 2 heterocycles. The Balaban J connectivity index is 2.22. The SMILES string of the molecule is CC(Cl)c1nc2cc(Br)ccc2n1C(C)c1ccncc1. The van der Waals surface area contributed by atoms with Crippen LogP contribution in [0.4, 0.5) is 0 Å². The molecule has 3 rings (SSSR count). The highest BCUT2D eigenvalue weighted by atomic mass is 79.9. The number of imidazole rings is 1. The number of hydrogen-bond acceptors (Lipinski definition) is 2. The van der Waals surface area contributed by atoms with Crippen molar-refractivity contribution in [2.75, 3.05) is 0 Å². The molecule has 3 nitrogen and oxygen atoms in total. The zero-order valence-corrected chi connectivity index (χ0v) is 14.1. The number of hydrogen-bond donors (Lipinski definition) is 0. The molecule has 0 fully saturated rings. The fraction of sp³-hybridized carbons (Fsp3) is 0.250. The Labute approximate surface area is 137 Å². The summed E-state index contributed by atoms with van der Waals surface area (Å²) in [5, 5.41) is -0.152. The van der Waals surface area contributed by atoms with Crippen molar-refractivity contribution in [3.63, 3.8) is 0 Å². The van der Waals surface area contributed by atoms with E-state index in [1.165, 1.54) is 5.56 Å². The number of halogens is 2. The summed E-state index contributed by atoms with van der Waals surface area (Å²) in [6.45, 7) is 4.11. The molecule has 2 atom stereocenters. The van der Waals surface area contributed by atoms with Gasteiger partial charge in [0.25, 0.3) is 0 Å². The summed E-state index contributed by atoms with van der Waals surface area (Å²) >= 11 is 9.84. The molecule has 0 aliphatic carbocycles. The average molecular weight is 365 g/mol. The first-order chi connectivity index (χ1) is 10.1. The summed E-state index contributed by atoms with van der Waals surface area (Å²) in [7, 11) is 0. The lowest BCUT2D eigenvalue weighted by atomic mass is 10.1. The normalized spacial score (nSPS) is 14.3. The number of benzene rings is 1. The monoisotopic (exact) mass is 363 g/mol. The highest BCUT2D eigenvalue weighted by Gasteiger charge is 2.20. The van der Waals surface area contributed by atoms with Crippen molar-refractivity contribution in [2.24, 2.45) is 0 Å². The van der Waals surface area contributed by atoms with Crippen LogP contribution in [0, 0.1) is 0 Å². The molecular formula is C16H15BrClN3. The van der Waals surface area contributed by atoms with E-state index in [4.69, 9.17) is 16.6 Å². The number of pyridine rings is 1. The van der Waals surface area contributed by atoms with Crippen molar-refractivity contribution in [3.8, 4) is 0 Å². The summed E-state index contributed by atoms with van der Waals surface area (Å²) in [5.74, 6) is 0.883. The van der Waals surface area contributed by atoms with Crippen molar-refractivity contribution in [1.82, 2.24) is 14.5 Å². The molecule has 2 unspecified atom stereocenters. The van der Waals surface area contributed by atoms with Gasteiger partial charge in [-0.3, -0.25) is 4.98 Å². The molecule has 0 aliphatic rings. The van der Waals surface area contributed by atoms with Crippen LogP contribution in [0.15, 0.2) is 47.2 Å². The standard InChI is InChI=1S/C16H15BrClN3/c1-10(18)16-20-14-9-13(17)3-4-15(14)21(16)11(2)12-5-7-19-8-6-12/h3-11H,1-2H3. The van der Waals surface area contributed by atoms with Gasteiger partial charge >= 0.3 is 0 Å². The van der Waals surface area contributed by atoms with E-state index in [0.29, 0.717) is 0 Å². The van der Waals surface area contributed by atoms with Gasteiger partial charge in [0, 0.05) is 16.9 Å². The Morgan fingerprint density at radius 1 is 1.14 bits per heavy atom. The van der Waals surface area contributed by atoms with E-state index in [-0.39, 0.29) is 11.4 Å². The molecule has 0 N–H and O–H groups in total. The van der Waals surface area contributed by atoms with Gasteiger partial charge in [-0.2, -0.15) is 0 Å². The fourth-order valence-corrected chi connectivity index (χ4v) is 3.07. The second kappa shape index (κ2) is 5.78. The summed E-state index contributed by atoms with van der Waals surface area (Å²) in [4.78, 5) is 8.79. The maximum absolute atomic E-state index is 6.34. The number of rotatable bonds is 3. The topological polar surface area (TPSA) is 30.7 Å². The van der Waals surface area contributed by atoms with Crippen molar-refractivity contribution in [3.05, 3.63) is 58.6 Å². The van der Waals surface area contributed by atoms with E-state index >= 15 is 0 Å². The fourth-order valence-electron chi connectivity index (χ4n) is 2.57. The van der Waals surface area contributed by atoms with Crippen LogP contribution < -0.4 is 0 Å². The lowest BCUT2D eigenvalue weighted by Gasteiger charge is -2.19. The number of nitrogens with zero attached hydrogens (tertiary/aromatic N) is 3. The van der Waals surface area contributed by atoms with Gasteiger partial charge in [0.1, 0.15) is 5.82 Å². The van der Waals surface area contributed by atoms with Crippen molar-refractivity contribution < 1.29 is 0 Å². The first kappa shape index (κ1) is 14.5. The summed E-state index contributed by atoms with van der Waals surface area (Å²) in [6, 6.07) is 10.3. The Morgan fingerprint density at radius 2 is 1.86 bits per heavy atom. The highest BCUT2D eigenvalue weighted by Crippen LogP contribution is 2.31. The number of aromatic nitrogens is 3. The molecule has 5 heteroatoms. The first-order valence-electron chi connectivity index (χ1n) is 6.79. The van der Waals surface area contributed by atoms with Crippen LogP contribution >= 0.6 is 27.5 Å². The largest absolute Gasteiger partial charge is 0.319 e. The van der Waals surface area contributed by atoms with Crippen molar-refractivity contribution in [1.29, 1.82) is 0 Å². The molecule has 0 amide bonds. The molecule has 0 saturated carbocycles. The van der Waals surface area contributed by atoms with Gasteiger partial charge in [0.2, 0.25) is 0 Å². The minimum absolute atomic E-state index is 0.148. The van der Waals surface area contributed by atoms with E-state index in [2.05, 4.69) is 38.5 Å². The summed E-state index contributed by atoms with van der Waals surface area (Å²) < 4.78 is 3.22. The predicted molar refractivity (Wildman–Crippen MR) is 89.8 cm³/mol. The van der Waals surface area contributed by atoms with Crippen molar-refractivity contribution in [2.45, 2.75) is 25.3 Å². The molecule has 0 saturated heterocycles. The third-order valence-electron chi connectivity index (χ3n) is 3.61. The zero-order valence-electron chi connectivity index (χ0n) is 11.8. The van der Waals surface area contributed by atoms with Crippen molar-refractivity contribution >= 4 is 38.6 Å². The molecule has 3 aromatic rings. The van der Waals surface area contributed by atoms with Gasteiger partial charge in [0.15, 0.2) is 0 Å². The quantitative estimate of drug-likeness (QED) is 0.605. The minimum atomic E-state index is -0.152. The van der Waals surface area contributed by atoms with E-state index in [9.17, 15) is 0 Å². The van der Waals surface area contributed by atoms with E-state index in [1.807, 2.05) is 43.6 Å². The third-order valence-corrected chi connectivity index (χ3v) is 4.30. The smallest absolute Gasteiger partial charge is 0.128 e. The predicted octanol–water partition coefficient (Wildman–Crippen LogP) is 5.10. The van der Waals surface area contributed by atoms with Crippen LogP contribution in [0.1, 0.15) is 36.7 Å². The lowest BCUT2D eigenvalue weighted by molar-refractivity contribution is 0.618. The lowest BCUT2D eigenvalue weighted by Crippen LogP contribution is -2.11. The Kier molecular flexibility index (Phi) is 4.00. The number of fused-ring (bicyclic) bond motifs is 1. The maximum Gasteiger partial charge on any atom is 0.128 e. The van der Waals surface area contributed by atoms with Crippen LogP contribution in [0.25, 0.3) is 11.0 Å². The van der Waals surface area contributed by atoms with Gasteiger partial charge in [-0.05, 0) is 49.7 Å². The Hall–Kier alpha value is -1.39. The Morgan fingerprint density at radius 3 is 2.52 bits per heavy atom. The van der Waals surface area contributed by atoms with Gasteiger partial charge in [-0.15, -0.1) is 11.6 Å². The van der Waals surface area contributed by atoms with Crippen LogP contribution in [0.3, 0.4) is 0 Å². The van der Waals surface area contributed by atoms with E-state index in [0.717, 1.165) is 21.3 Å². The first-order valence-corrected chi connectivity index (χ1v) is 8.02. The molecule has 0 aliphatic heterocycles. The molecule has 0 radical (unpaired) electrons. The molecule has 108 valence electrons. The van der Waals surface area contributed by atoms with Gasteiger partial charge in [-0.25, -0.2) is 4.98 Å². The van der Waals surface area contributed by atoms with Crippen LogP contribution in [0.5, 0.6) is 0 Å². The van der Waals surface area contributed by atoms with Gasteiger partial charge < -0.3 is 4.57 Å². The van der Waals surface area contributed by atoms with Crippen LogP contribution in [-0.2, 0) is 0 Å². The van der Waals surface area contributed by atoms with Gasteiger partial charge in [0.05, 0.1) is 22.5 Å². The molecule has 0 bridgehead atoms.